The summed E-state index contributed by atoms with van der Waals surface area (Å²) in [5.74, 6) is 2.49. The maximum absolute atomic E-state index is 12.2. The van der Waals surface area contributed by atoms with Crippen LogP contribution >= 0.6 is 0 Å². The number of hydrogen-bond donors (Lipinski definition) is 3. The number of benzene rings is 1. The summed E-state index contributed by atoms with van der Waals surface area (Å²) in [6, 6.07) is 8.44. The van der Waals surface area contributed by atoms with Crippen LogP contribution in [0.15, 0.2) is 48.1 Å². The molecule has 0 heterocycles. The molecule has 0 saturated heterocycles. The summed E-state index contributed by atoms with van der Waals surface area (Å²) >= 11 is 0. The van der Waals surface area contributed by atoms with Gasteiger partial charge in [-0.15, -0.1) is 0 Å². The molecule has 3 saturated carbocycles. The molecule has 0 aromatic heterocycles. The van der Waals surface area contributed by atoms with Gasteiger partial charge in [-0.05, 0) is 92.2 Å². The summed E-state index contributed by atoms with van der Waals surface area (Å²) in [6.45, 7) is 4.01. The van der Waals surface area contributed by atoms with E-state index in [9.17, 15) is 20.1 Å². The van der Waals surface area contributed by atoms with E-state index in [1.807, 2.05) is 24.3 Å². The summed E-state index contributed by atoms with van der Waals surface area (Å²) in [5.41, 5.74) is 2.41. The highest BCUT2D eigenvalue weighted by Crippen LogP contribution is 2.68. The van der Waals surface area contributed by atoms with Crippen LogP contribution in [0.2, 0.25) is 0 Å². The van der Waals surface area contributed by atoms with E-state index in [-0.39, 0.29) is 17.8 Å². The van der Waals surface area contributed by atoms with Crippen LogP contribution in [0.5, 0.6) is 0 Å². The van der Waals surface area contributed by atoms with Gasteiger partial charge in [-0.3, -0.25) is 4.79 Å². The van der Waals surface area contributed by atoms with Crippen LogP contribution in [0.4, 0.5) is 0 Å². The van der Waals surface area contributed by atoms with Crippen molar-refractivity contribution in [2.45, 2.75) is 76.4 Å². The fourth-order valence-electron chi connectivity index (χ4n) is 8.23. The number of ketones is 1. The third kappa shape index (κ3) is 3.66. The average Bonchev–Trinajstić information content (AvgIpc) is 3.07. The van der Waals surface area contributed by atoms with Gasteiger partial charge in [0.25, 0.3) is 0 Å². The first-order valence-corrected chi connectivity index (χ1v) is 12.8. The molecule has 0 bridgehead atoms. The Morgan fingerprint density at radius 2 is 1.88 bits per heavy atom. The Kier molecular flexibility index (Phi) is 5.91. The van der Waals surface area contributed by atoms with Crippen molar-refractivity contribution in [2.75, 3.05) is 6.61 Å². The molecule has 4 aliphatic rings. The number of hydrogen-bond acceptors (Lipinski definition) is 4. The molecule has 8 atom stereocenters. The van der Waals surface area contributed by atoms with E-state index in [1.54, 1.807) is 13.0 Å². The molecule has 1 unspecified atom stereocenters. The van der Waals surface area contributed by atoms with Gasteiger partial charge in [0.2, 0.25) is 0 Å². The smallest absolute Gasteiger partial charge is 0.155 e. The van der Waals surface area contributed by atoms with Gasteiger partial charge in [-0.1, -0.05) is 48.9 Å². The number of allylic oxidation sites excluding steroid dienone is 1. The molecule has 4 aliphatic carbocycles. The fourth-order valence-corrected chi connectivity index (χ4v) is 8.23. The number of rotatable bonds is 4. The van der Waals surface area contributed by atoms with Crippen molar-refractivity contribution < 1.29 is 20.1 Å². The van der Waals surface area contributed by atoms with Crippen LogP contribution < -0.4 is 0 Å². The zero-order valence-corrected chi connectivity index (χ0v) is 19.9. The molecule has 3 fully saturated rings. The second-order valence-electron chi connectivity index (χ2n) is 11.3. The largest absolute Gasteiger partial charge is 0.392 e. The number of carbonyl (C=O) groups excluding carboxylic acids is 1. The van der Waals surface area contributed by atoms with E-state index in [1.165, 1.54) is 11.1 Å². The molecule has 0 spiro atoms. The maximum atomic E-state index is 12.2. The third-order valence-electron chi connectivity index (χ3n) is 9.86. The molecule has 1 aromatic carbocycles. The van der Waals surface area contributed by atoms with Crippen molar-refractivity contribution in [1.82, 2.24) is 0 Å². The highest BCUT2D eigenvalue weighted by molar-refractivity contribution is 5.91. The highest BCUT2D eigenvalue weighted by Gasteiger charge is 2.63. The van der Waals surface area contributed by atoms with E-state index in [4.69, 9.17) is 0 Å². The molecule has 0 aliphatic heterocycles. The molecule has 4 nitrogen and oxygen atoms in total. The van der Waals surface area contributed by atoms with Crippen LogP contribution in [0, 0.1) is 29.1 Å². The summed E-state index contributed by atoms with van der Waals surface area (Å²) in [6.07, 6.45) is 11.4. The molecule has 0 radical (unpaired) electrons. The van der Waals surface area contributed by atoms with Crippen molar-refractivity contribution in [1.29, 1.82) is 0 Å². The second-order valence-corrected chi connectivity index (χ2v) is 11.3. The minimum atomic E-state index is -0.901. The number of carbonyl (C=O) groups is 1. The molecule has 3 N–H and O–H groups in total. The Morgan fingerprint density at radius 3 is 2.58 bits per heavy atom. The molecule has 1 aromatic rings. The Labute approximate surface area is 197 Å². The highest BCUT2D eigenvalue weighted by atomic mass is 16.3. The lowest BCUT2D eigenvalue weighted by atomic mass is 9.46. The predicted molar refractivity (Wildman–Crippen MR) is 128 cm³/mol. The van der Waals surface area contributed by atoms with Gasteiger partial charge >= 0.3 is 0 Å². The van der Waals surface area contributed by atoms with Crippen molar-refractivity contribution in [3.63, 3.8) is 0 Å². The predicted octanol–water partition coefficient (Wildman–Crippen LogP) is 4.85. The molecular weight excluding hydrogens is 412 g/mol. The van der Waals surface area contributed by atoms with Crippen molar-refractivity contribution in [3.8, 4) is 0 Å². The minimum absolute atomic E-state index is 0.0520. The number of aliphatic hydroxyl groups is 3. The fraction of sp³-hybridized carbons (Fsp3) is 0.621. The SMILES string of the molecule is CC(O)c1ccc([C@H]2C[C@@]3(C)[C@@H](CC[C@@]3(O)/C=C\CO)[C@@H]3CCC4=CC(=O)CC[C@@H]4[C@H]32)cc1. The average molecular weight is 451 g/mol. The Bertz CT molecular complexity index is 960. The first-order valence-electron chi connectivity index (χ1n) is 12.8. The summed E-state index contributed by atoms with van der Waals surface area (Å²) in [7, 11) is 0. The van der Waals surface area contributed by atoms with Crippen LogP contribution in [0.25, 0.3) is 0 Å². The van der Waals surface area contributed by atoms with Crippen LogP contribution in [-0.4, -0.2) is 33.3 Å². The molecule has 0 amide bonds. The van der Waals surface area contributed by atoms with Gasteiger partial charge < -0.3 is 15.3 Å². The topological polar surface area (TPSA) is 77.8 Å². The van der Waals surface area contributed by atoms with Gasteiger partial charge in [-0.25, -0.2) is 0 Å². The van der Waals surface area contributed by atoms with Crippen molar-refractivity contribution in [2.24, 2.45) is 29.1 Å². The van der Waals surface area contributed by atoms with Crippen molar-refractivity contribution in [3.05, 3.63) is 59.2 Å². The summed E-state index contributed by atoms with van der Waals surface area (Å²) in [4.78, 5) is 12.2. The Morgan fingerprint density at radius 1 is 1.12 bits per heavy atom. The van der Waals surface area contributed by atoms with Crippen LogP contribution in [-0.2, 0) is 4.79 Å². The van der Waals surface area contributed by atoms with Gasteiger partial charge in [0.1, 0.15) is 0 Å². The number of aliphatic hydroxyl groups excluding tert-OH is 2. The van der Waals surface area contributed by atoms with Crippen molar-refractivity contribution >= 4 is 5.78 Å². The first-order chi connectivity index (χ1) is 15.8. The zero-order valence-electron chi connectivity index (χ0n) is 19.9. The monoisotopic (exact) mass is 450 g/mol. The zero-order chi connectivity index (χ0) is 23.4. The normalized spacial score (nSPS) is 41.3. The lowest BCUT2D eigenvalue weighted by Gasteiger charge is -2.58. The number of fused-ring (bicyclic) bond motifs is 5. The van der Waals surface area contributed by atoms with Gasteiger partial charge in [-0.2, -0.15) is 0 Å². The van der Waals surface area contributed by atoms with E-state index in [0.717, 1.165) is 44.1 Å². The minimum Gasteiger partial charge on any atom is -0.392 e. The Balaban J connectivity index is 1.59. The molecule has 4 heteroatoms. The van der Waals surface area contributed by atoms with E-state index < -0.39 is 11.7 Å². The summed E-state index contributed by atoms with van der Waals surface area (Å²) in [5, 5.41) is 31.2. The molecule has 5 rings (SSSR count). The molecule has 33 heavy (non-hydrogen) atoms. The maximum Gasteiger partial charge on any atom is 0.155 e. The van der Waals surface area contributed by atoms with Gasteiger partial charge in [0.05, 0.1) is 18.3 Å². The molecule has 178 valence electrons. The third-order valence-corrected chi connectivity index (χ3v) is 9.86. The standard InChI is InChI=1S/C29H38O4/c1-18(31)19-4-6-20(7-5-19)25-17-28(2)26(12-14-29(28,33)13-3-15-30)24-10-8-21-16-22(32)9-11-23(21)27(24)25/h3-7,13,16,18,23-27,30-31,33H,8-12,14-15,17H2,1-2H3/b13-3-/t18?,23-,24-,25+,26-,27+,28-,29-/m0/s1. The first kappa shape index (κ1) is 23.0. The Hall–Kier alpha value is -1.75. The second kappa shape index (κ2) is 8.48. The molecular formula is C29H38O4. The van der Waals surface area contributed by atoms with E-state index >= 15 is 0 Å². The van der Waals surface area contributed by atoms with Crippen LogP contribution in [0.1, 0.15) is 81.9 Å². The summed E-state index contributed by atoms with van der Waals surface area (Å²) < 4.78 is 0. The van der Waals surface area contributed by atoms with Gasteiger partial charge in [0, 0.05) is 11.8 Å². The quantitative estimate of drug-likeness (QED) is 0.573. The lowest BCUT2D eigenvalue weighted by Crippen LogP contribution is -2.54. The lowest BCUT2D eigenvalue weighted by molar-refractivity contribution is -0.117. The van der Waals surface area contributed by atoms with Gasteiger partial charge in [0.15, 0.2) is 5.78 Å². The van der Waals surface area contributed by atoms with E-state index in [2.05, 4.69) is 19.1 Å². The van der Waals surface area contributed by atoms with E-state index in [0.29, 0.717) is 36.0 Å². The van der Waals surface area contributed by atoms with Crippen LogP contribution in [0.3, 0.4) is 0 Å².